The van der Waals surface area contributed by atoms with Crippen molar-refractivity contribution in [3.63, 3.8) is 0 Å². The van der Waals surface area contributed by atoms with Crippen molar-refractivity contribution in [3.8, 4) is 0 Å². The maximum Gasteiger partial charge on any atom is 0.129 e. The number of halogens is 2. The monoisotopic (exact) mass is 242 g/mol. The smallest absolute Gasteiger partial charge is 0.129 e. The Morgan fingerprint density at radius 1 is 1.24 bits per heavy atom. The highest BCUT2D eigenvalue weighted by molar-refractivity contribution is 5.18. The highest BCUT2D eigenvalue weighted by Gasteiger charge is 2.05. The molecule has 0 aliphatic heterocycles. The van der Waals surface area contributed by atoms with Gasteiger partial charge in [0.2, 0.25) is 0 Å². The molecule has 0 radical (unpaired) electrons. The molecule has 0 bridgehead atoms. The molecule has 0 fully saturated rings. The molecule has 0 amide bonds. The highest BCUT2D eigenvalue weighted by atomic mass is 19.1. The van der Waals surface area contributed by atoms with E-state index in [4.69, 9.17) is 0 Å². The number of nitrogens with one attached hydrogen (secondary N) is 1. The predicted molar refractivity (Wildman–Crippen MR) is 66.1 cm³/mol. The van der Waals surface area contributed by atoms with Crippen LogP contribution < -0.4 is 5.32 Å². The van der Waals surface area contributed by atoms with Crippen LogP contribution in [0.1, 0.15) is 12.0 Å². The summed E-state index contributed by atoms with van der Waals surface area (Å²) in [6, 6.07) is 3.77. The van der Waals surface area contributed by atoms with Gasteiger partial charge in [-0.3, -0.25) is 0 Å². The topological polar surface area (TPSA) is 15.3 Å². The van der Waals surface area contributed by atoms with Crippen molar-refractivity contribution in [2.75, 3.05) is 33.7 Å². The van der Waals surface area contributed by atoms with Crippen molar-refractivity contribution in [3.05, 3.63) is 35.4 Å². The second-order valence-electron chi connectivity index (χ2n) is 4.25. The van der Waals surface area contributed by atoms with E-state index in [1.807, 2.05) is 14.1 Å². The molecule has 1 aromatic carbocycles. The summed E-state index contributed by atoms with van der Waals surface area (Å²) in [6.07, 6.45) is 1.68. The molecule has 4 heteroatoms. The van der Waals surface area contributed by atoms with E-state index in [1.54, 1.807) is 0 Å². The second kappa shape index (κ2) is 7.35. The Bertz CT molecular complexity index is 342. The Kier molecular flexibility index (Phi) is 6.08. The van der Waals surface area contributed by atoms with Gasteiger partial charge >= 0.3 is 0 Å². The third kappa shape index (κ3) is 5.24. The number of likely N-dealkylation sites (N-methyl/N-ethyl adjacent to an activating group) is 1. The average molecular weight is 242 g/mol. The molecule has 0 aromatic heterocycles. The summed E-state index contributed by atoms with van der Waals surface area (Å²) in [5.74, 6) is -0.970. The van der Waals surface area contributed by atoms with Gasteiger partial charge in [0.15, 0.2) is 0 Å². The lowest BCUT2D eigenvalue weighted by molar-refractivity contribution is 0.330. The SMILES string of the molecule is CNCCCN(C)CCc1ccc(F)cc1F. The first kappa shape index (κ1) is 14.1. The Morgan fingerprint density at radius 2 is 2.00 bits per heavy atom. The molecule has 0 unspecified atom stereocenters. The zero-order valence-corrected chi connectivity index (χ0v) is 10.5. The molecule has 1 rings (SSSR count). The van der Waals surface area contributed by atoms with Gasteiger partial charge in [-0.1, -0.05) is 6.07 Å². The van der Waals surface area contributed by atoms with Gasteiger partial charge in [0, 0.05) is 12.6 Å². The predicted octanol–water partition coefficient (Wildman–Crippen LogP) is 2.05. The molecule has 96 valence electrons. The van der Waals surface area contributed by atoms with Gasteiger partial charge in [0.1, 0.15) is 11.6 Å². The van der Waals surface area contributed by atoms with Crippen LogP contribution in [0.3, 0.4) is 0 Å². The van der Waals surface area contributed by atoms with E-state index in [0.29, 0.717) is 12.0 Å². The number of hydrogen-bond acceptors (Lipinski definition) is 2. The van der Waals surface area contributed by atoms with Gasteiger partial charge in [0.25, 0.3) is 0 Å². The average Bonchev–Trinajstić information content (AvgIpc) is 2.28. The molecule has 0 saturated heterocycles. The minimum absolute atomic E-state index is 0.450. The van der Waals surface area contributed by atoms with E-state index in [2.05, 4.69) is 10.2 Å². The van der Waals surface area contributed by atoms with Crippen LogP contribution in [-0.2, 0) is 6.42 Å². The fourth-order valence-electron chi connectivity index (χ4n) is 1.67. The fraction of sp³-hybridized carbons (Fsp3) is 0.538. The first-order valence-corrected chi connectivity index (χ1v) is 5.90. The van der Waals surface area contributed by atoms with Crippen LogP contribution in [0.15, 0.2) is 18.2 Å². The summed E-state index contributed by atoms with van der Waals surface area (Å²) in [7, 11) is 3.94. The van der Waals surface area contributed by atoms with Gasteiger partial charge < -0.3 is 10.2 Å². The third-order valence-corrected chi connectivity index (χ3v) is 2.74. The van der Waals surface area contributed by atoms with Gasteiger partial charge in [-0.25, -0.2) is 8.78 Å². The van der Waals surface area contributed by atoms with Crippen LogP contribution in [0.25, 0.3) is 0 Å². The van der Waals surface area contributed by atoms with Crippen LogP contribution in [0.5, 0.6) is 0 Å². The summed E-state index contributed by atoms with van der Waals surface area (Å²) in [5, 5.41) is 3.08. The maximum absolute atomic E-state index is 13.3. The van der Waals surface area contributed by atoms with E-state index in [1.165, 1.54) is 12.1 Å². The maximum atomic E-state index is 13.3. The summed E-state index contributed by atoms with van der Waals surface area (Å²) in [5.41, 5.74) is 0.576. The first-order chi connectivity index (χ1) is 8.13. The van der Waals surface area contributed by atoms with Crippen molar-refractivity contribution >= 4 is 0 Å². The zero-order chi connectivity index (χ0) is 12.7. The van der Waals surface area contributed by atoms with Crippen LogP contribution >= 0.6 is 0 Å². The Balaban J connectivity index is 2.34. The Labute approximate surface area is 102 Å². The standard InChI is InChI=1S/C13H20F2N2/c1-16-7-3-8-17(2)9-6-11-4-5-12(14)10-13(11)15/h4-5,10,16H,3,6-9H2,1-2H3. The molecule has 0 aliphatic rings. The first-order valence-electron chi connectivity index (χ1n) is 5.90. The van der Waals surface area contributed by atoms with E-state index < -0.39 is 11.6 Å². The van der Waals surface area contributed by atoms with E-state index in [0.717, 1.165) is 32.1 Å². The highest BCUT2D eigenvalue weighted by Crippen LogP contribution is 2.10. The van der Waals surface area contributed by atoms with Crippen LogP contribution in [0.2, 0.25) is 0 Å². The van der Waals surface area contributed by atoms with Crippen molar-refractivity contribution in [1.29, 1.82) is 0 Å². The zero-order valence-electron chi connectivity index (χ0n) is 10.5. The quantitative estimate of drug-likeness (QED) is 0.736. The molecule has 0 aliphatic carbocycles. The number of rotatable bonds is 7. The molecule has 1 N–H and O–H groups in total. The molecule has 0 spiro atoms. The normalized spacial score (nSPS) is 11.1. The molecular formula is C13H20F2N2. The summed E-state index contributed by atoms with van der Waals surface area (Å²) >= 11 is 0. The Hall–Kier alpha value is -1.00. The molecule has 2 nitrogen and oxygen atoms in total. The molecular weight excluding hydrogens is 222 g/mol. The molecule has 0 saturated carbocycles. The van der Waals surface area contributed by atoms with Crippen molar-refractivity contribution in [1.82, 2.24) is 10.2 Å². The number of hydrogen-bond donors (Lipinski definition) is 1. The minimum Gasteiger partial charge on any atom is -0.320 e. The second-order valence-corrected chi connectivity index (χ2v) is 4.25. The van der Waals surface area contributed by atoms with Crippen LogP contribution in [-0.4, -0.2) is 38.6 Å². The Morgan fingerprint density at radius 3 is 2.65 bits per heavy atom. The van der Waals surface area contributed by atoms with Crippen molar-refractivity contribution in [2.24, 2.45) is 0 Å². The van der Waals surface area contributed by atoms with Crippen molar-refractivity contribution < 1.29 is 8.78 Å². The number of nitrogens with zero attached hydrogens (tertiary/aromatic N) is 1. The summed E-state index contributed by atoms with van der Waals surface area (Å²) < 4.78 is 26.0. The largest absolute Gasteiger partial charge is 0.320 e. The van der Waals surface area contributed by atoms with Gasteiger partial charge in [-0.15, -0.1) is 0 Å². The van der Waals surface area contributed by atoms with E-state index in [-0.39, 0.29) is 0 Å². The molecule has 1 aromatic rings. The van der Waals surface area contributed by atoms with E-state index >= 15 is 0 Å². The van der Waals surface area contributed by atoms with Crippen molar-refractivity contribution in [2.45, 2.75) is 12.8 Å². The summed E-state index contributed by atoms with van der Waals surface area (Å²) in [6.45, 7) is 2.74. The molecule has 17 heavy (non-hydrogen) atoms. The molecule has 0 heterocycles. The lowest BCUT2D eigenvalue weighted by Crippen LogP contribution is -2.25. The summed E-state index contributed by atoms with van der Waals surface area (Å²) in [4.78, 5) is 2.15. The van der Waals surface area contributed by atoms with Gasteiger partial charge in [-0.05, 0) is 51.7 Å². The van der Waals surface area contributed by atoms with E-state index in [9.17, 15) is 8.78 Å². The fourth-order valence-corrected chi connectivity index (χ4v) is 1.67. The molecule has 0 atom stereocenters. The third-order valence-electron chi connectivity index (χ3n) is 2.74. The number of benzene rings is 1. The minimum atomic E-state index is -0.520. The van der Waals surface area contributed by atoms with Crippen LogP contribution in [0, 0.1) is 11.6 Å². The van der Waals surface area contributed by atoms with Gasteiger partial charge in [-0.2, -0.15) is 0 Å². The lowest BCUT2D eigenvalue weighted by Gasteiger charge is -2.16. The van der Waals surface area contributed by atoms with Crippen LogP contribution in [0.4, 0.5) is 8.78 Å². The lowest BCUT2D eigenvalue weighted by atomic mass is 10.1. The van der Waals surface area contributed by atoms with Gasteiger partial charge in [0.05, 0.1) is 0 Å².